The SMILES string of the molecule is O=[P+](O)Oc1cc(-c2ccc3ccc4cccnc4c3n2)cc(-c2ccc3ccc4ccc(-c5cccc(-c6ccc7ccc8cccnc8c7n6)c5)nc4c3n2)c1. The Morgan fingerprint density at radius 3 is 1.14 bits per heavy atom. The fourth-order valence-electron chi connectivity index (χ4n) is 7.73. The molecule has 0 saturated heterocycles. The van der Waals surface area contributed by atoms with Crippen molar-refractivity contribution < 1.29 is 14.0 Å². The van der Waals surface area contributed by atoms with E-state index in [-0.39, 0.29) is 5.75 Å². The Kier molecular flexibility index (Phi) is 7.89. The maximum Gasteiger partial charge on any atom is 0.747 e. The molecule has 0 saturated carbocycles. The fourth-order valence-corrected chi connectivity index (χ4v) is 8.02. The Hall–Kier alpha value is -7.58. The van der Waals surface area contributed by atoms with Gasteiger partial charge >= 0.3 is 8.25 Å². The van der Waals surface area contributed by atoms with E-state index in [4.69, 9.17) is 24.5 Å². The average Bonchev–Trinajstić information content (AvgIpc) is 3.28. The molecule has 0 radical (unpaired) electrons. The predicted molar refractivity (Wildman–Crippen MR) is 230 cm³/mol. The van der Waals surface area contributed by atoms with E-state index in [1.807, 2.05) is 84.9 Å². The number of benzene rings is 5. The number of nitrogens with zero attached hydrogens (tertiary/aromatic N) is 6. The third kappa shape index (κ3) is 5.94. The highest BCUT2D eigenvalue weighted by atomic mass is 31.1. The van der Waals surface area contributed by atoms with E-state index in [9.17, 15) is 9.46 Å². The van der Waals surface area contributed by atoms with Crippen LogP contribution in [0.2, 0.25) is 0 Å². The second kappa shape index (κ2) is 13.6. The van der Waals surface area contributed by atoms with Gasteiger partial charge in [0.15, 0.2) is 5.75 Å². The van der Waals surface area contributed by atoms with Gasteiger partial charge < -0.3 is 0 Å². The van der Waals surface area contributed by atoms with Crippen molar-refractivity contribution in [2.45, 2.75) is 0 Å². The molecule has 1 atom stereocenters. The highest BCUT2D eigenvalue weighted by Crippen LogP contribution is 2.37. The Morgan fingerprint density at radius 1 is 0.379 bits per heavy atom. The molecule has 0 fully saturated rings. The summed E-state index contributed by atoms with van der Waals surface area (Å²) in [6.45, 7) is 0. The van der Waals surface area contributed by atoms with Gasteiger partial charge in [0.05, 0.1) is 55.9 Å². The lowest BCUT2D eigenvalue weighted by Gasteiger charge is -2.11. The highest BCUT2D eigenvalue weighted by Gasteiger charge is 2.19. The normalized spacial score (nSPS) is 11.9. The molecule has 11 rings (SSSR count). The van der Waals surface area contributed by atoms with Crippen LogP contribution in [-0.4, -0.2) is 34.8 Å². The first-order valence-electron chi connectivity index (χ1n) is 18.6. The summed E-state index contributed by atoms with van der Waals surface area (Å²) >= 11 is 0. The van der Waals surface area contributed by atoms with E-state index in [0.717, 1.165) is 87.9 Å². The molecule has 1 unspecified atom stereocenters. The van der Waals surface area contributed by atoms with Crippen molar-refractivity contribution in [1.29, 1.82) is 0 Å². The van der Waals surface area contributed by atoms with E-state index in [0.29, 0.717) is 22.5 Å². The minimum Gasteiger partial charge on any atom is -0.254 e. The van der Waals surface area contributed by atoms with Crippen molar-refractivity contribution in [2.24, 2.45) is 0 Å². The fraction of sp³-hybridized carbons (Fsp3) is 0. The first-order valence-corrected chi connectivity index (χ1v) is 19.7. The number of hydrogen-bond acceptors (Lipinski definition) is 8. The molecule has 10 heteroatoms. The lowest BCUT2D eigenvalue weighted by molar-refractivity contribution is 0.410. The van der Waals surface area contributed by atoms with Crippen molar-refractivity contribution >= 4 is 73.7 Å². The van der Waals surface area contributed by atoms with Crippen molar-refractivity contribution in [3.8, 4) is 50.8 Å². The Labute approximate surface area is 331 Å². The van der Waals surface area contributed by atoms with Gasteiger partial charge in [-0.1, -0.05) is 91.0 Å². The van der Waals surface area contributed by atoms with Crippen LogP contribution in [0.3, 0.4) is 0 Å². The lowest BCUT2D eigenvalue weighted by Crippen LogP contribution is -1.93. The Bertz CT molecular complexity index is 3500. The molecule has 6 heterocycles. The van der Waals surface area contributed by atoms with Crippen molar-refractivity contribution in [3.05, 3.63) is 164 Å². The molecular formula is C48H28N6O3P+. The van der Waals surface area contributed by atoms with E-state index in [1.165, 1.54) is 0 Å². The summed E-state index contributed by atoms with van der Waals surface area (Å²) in [6, 6.07) is 50.0. The van der Waals surface area contributed by atoms with Gasteiger partial charge in [0.2, 0.25) is 0 Å². The quantitative estimate of drug-likeness (QED) is 0.130. The van der Waals surface area contributed by atoms with Crippen LogP contribution in [0, 0.1) is 0 Å². The molecule has 9 nitrogen and oxygen atoms in total. The molecule has 0 spiro atoms. The Balaban J connectivity index is 1.01. The lowest BCUT2D eigenvalue weighted by atomic mass is 10.0. The molecule has 5 aromatic carbocycles. The van der Waals surface area contributed by atoms with Crippen LogP contribution < -0.4 is 4.52 Å². The second-order valence-electron chi connectivity index (χ2n) is 14.1. The summed E-state index contributed by atoms with van der Waals surface area (Å²) in [5, 5.41) is 5.91. The number of rotatable bonds is 6. The molecule has 0 aliphatic carbocycles. The van der Waals surface area contributed by atoms with Gasteiger partial charge in [0.1, 0.15) is 0 Å². The third-order valence-corrected chi connectivity index (χ3v) is 10.9. The molecule has 1 N–H and O–H groups in total. The standard InChI is InChI=1S/C48H27N6O3P/c55-58(56)57-38-26-36(41-20-16-31-11-9-29-7-3-23-50-44(29)46(31)53-41)25-37(27-38)42-21-17-33-13-12-32-15-19-40(52-47(32)48(33)54-42)35-5-1-4-34(24-35)39-18-14-30-10-8-28-6-2-22-49-43(28)45(30)51-39/h1-27H/p+1. The highest BCUT2D eigenvalue weighted by molar-refractivity contribution is 7.32. The van der Waals surface area contributed by atoms with E-state index in [2.05, 4.69) is 64.6 Å². The van der Waals surface area contributed by atoms with Crippen molar-refractivity contribution in [3.63, 3.8) is 0 Å². The van der Waals surface area contributed by atoms with Gasteiger partial charge in [0, 0.05) is 71.5 Å². The summed E-state index contributed by atoms with van der Waals surface area (Å²) in [5.74, 6) is 0.222. The maximum absolute atomic E-state index is 11.9. The van der Waals surface area contributed by atoms with Crippen LogP contribution in [0.5, 0.6) is 5.75 Å². The van der Waals surface area contributed by atoms with Crippen LogP contribution in [0.15, 0.2) is 164 Å². The summed E-state index contributed by atoms with van der Waals surface area (Å²) in [5.41, 5.74) is 11.1. The number of pyridine rings is 6. The molecule has 6 aromatic heterocycles. The van der Waals surface area contributed by atoms with Crippen molar-refractivity contribution in [2.75, 3.05) is 0 Å². The molecule has 0 aliphatic rings. The molecule has 0 aliphatic heterocycles. The molecule has 58 heavy (non-hydrogen) atoms. The average molecular weight is 768 g/mol. The summed E-state index contributed by atoms with van der Waals surface area (Å²) in [7, 11) is -2.92. The van der Waals surface area contributed by atoms with Crippen LogP contribution in [0.25, 0.3) is 110 Å². The molecule has 0 amide bonds. The molecule has 11 aromatic rings. The summed E-state index contributed by atoms with van der Waals surface area (Å²) in [6.07, 6.45) is 3.56. The van der Waals surface area contributed by atoms with Crippen molar-refractivity contribution in [1.82, 2.24) is 29.9 Å². The first-order chi connectivity index (χ1) is 28.5. The van der Waals surface area contributed by atoms with E-state index < -0.39 is 8.25 Å². The smallest absolute Gasteiger partial charge is 0.254 e. The zero-order valence-corrected chi connectivity index (χ0v) is 31.4. The van der Waals surface area contributed by atoms with Crippen LogP contribution in [-0.2, 0) is 4.57 Å². The minimum absolute atomic E-state index is 0.222. The maximum atomic E-state index is 11.9. The van der Waals surface area contributed by atoms with Gasteiger partial charge in [0.25, 0.3) is 0 Å². The number of hydrogen-bond donors (Lipinski definition) is 1. The van der Waals surface area contributed by atoms with Gasteiger partial charge in [-0.05, 0) is 60.7 Å². The van der Waals surface area contributed by atoms with E-state index >= 15 is 0 Å². The predicted octanol–water partition coefficient (Wildman–Crippen LogP) is 11.7. The summed E-state index contributed by atoms with van der Waals surface area (Å²) < 4.78 is 17.3. The first kappa shape index (κ1) is 33.7. The van der Waals surface area contributed by atoms with Crippen LogP contribution >= 0.6 is 8.25 Å². The molecule has 0 bridgehead atoms. The summed E-state index contributed by atoms with van der Waals surface area (Å²) in [4.78, 5) is 39.5. The zero-order valence-electron chi connectivity index (χ0n) is 30.5. The van der Waals surface area contributed by atoms with Gasteiger partial charge in [-0.25, -0.2) is 24.5 Å². The van der Waals surface area contributed by atoms with Gasteiger partial charge in [-0.2, -0.15) is 0 Å². The Morgan fingerprint density at radius 2 is 0.724 bits per heavy atom. The number of fused-ring (bicyclic) bond motifs is 9. The van der Waals surface area contributed by atoms with E-state index in [1.54, 1.807) is 24.5 Å². The number of aromatic nitrogens is 6. The van der Waals surface area contributed by atoms with Gasteiger partial charge in [-0.3, -0.25) is 9.97 Å². The third-order valence-electron chi connectivity index (χ3n) is 10.5. The minimum atomic E-state index is -2.92. The largest absolute Gasteiger partial charge is 0.747 e. The van der Waals surface area contributed by atoms with Crippen LogP contribution in [0.1, 0.15) is 0 Å². The molecule has 272 valence electrons. The zero-order chi connectivity index (χ0) is 38.7. The topological polar surface area (TPSA) is 124 Å². The molecular weight excluding hydrogens is 740 g/mol. The van der Waals surface area contributed by atoms with Gasteiger partial charge in [-0.15, -0.1) is 4.89 Å². The second-order valence-corrected chi connectivity index (χ2v) is 14.7. The van der Waals surface area contributed by atoms with Crippen LogP contribution in [0.4, 0.5) is 0 Å². The monoisotopic (exact) mass is 767 g/mol.